The van der Waals surface area contributed by atoms with Crippen LogP contribution in [0, 0.1) is 0 Å². The molecule has 1 saturated heterocycles. The van der Waals surface area contributed by atoms with Crippen LogP contribution in [-0.4, -0.2) is 149 Å². The molecular formula is C48H32O30. The van der Waals surface area contributed by atoms with Crippen LogP contribution in [-0.2, 0) is 28.4 Å². The van der Waals surface area contributed by atoms with Gasteiger partial charge in [-0.2, -0.15) is 0 Å². The normalized spacial score (nSPS) is 18.1. The molecule has 7 aromatic rings. The molecule has 0 unspecified atom stereocenters. The molecule has 0 radical (unpaired) electrons. The molecule has 16 N–H and O–H groups in total. The number of cyclic esters (lactones) is 1. The van der Waals surface area contributed by atoms with Crippen molar-refractivity contribution in [1.29, 1.82) is 0 Å². The van der Waals surface area contributed by atoms with Gasteiger partial charge in [0.2, 0.25) is 35.4 Å². The summed E-state index contributed by atoms with van der Waals surface area (Å²) in [6.45, 7) is -1.44. The number of fused-ring (bicyclic) bond motifs is 3. The van der Waals surface area contributed by atoms with Crippen molar-refractivity contribution in [3.05, 3.63) is 92.8 Å². The van der Waals surface area contributed by atoms with Gasteiger partial charge in [0.25, 0.3) is 0 Å². The summed E-state index contributed by atoms with van der Waals surface area (Å²) in [7, 11) is 0. The van der Waals surface area contributed by atoms with Crippen molar-refractivity contribution < 1.29 is 143 Å². The number of ether oxygens (including phenoxy) is 7. The van der Waals surface area contributed by atoms with Crippen molar-refractivity contribution in [3.63, 3.8) is 0 Å². The first-order valence-corrected chi connectivity index (χ1v) is 21.5. The quantitative estimate of drug-likeness (QED) is 0.0374. The Morgan fingerprint density at radius 1 is 0.449 bits per heavy atom. The Balaban J connectivity index is 1.31. The minimum Gasteiger partial charge on any atom is -0.504 e. The summed E-state index contributed by atoms with van der Waals surface area (Å²) >= 11 is 0. The van der Waals surface area contributed by atoms with Crippen LogP contribution in [0.4, 0.5) is 0 Å². The molecule has 1 fully saturated rings. The van der Waals surface area contributed by atoms with Gasteiger partial charge in [-0.25, -0.2) is 28.8 Å². The SMILES string of the molecule is O=C(O[C@@H]1O[C@@H]2COC(=O)c3cc(O)c(O)c(O)c3Oc3c(O)cc4c(=O)oc5c(O)c(O)cc(c5c4c3O)C(=O)O[C@H]2[C@@H](OC(=O)c2cc(O)c(O)c(O)c2)[C@H]1OC(=O)c1cc(O)c(O)c(O)c1)c1cc(O)c(O)c(O)c1. The van der Waals surface area contributed by atoms with E-state index in [0.29, 0.717) is 54.6 Å². The lowest BCUT2D eigenvalue weighted by atomic mass is 9.97. The zero-order chi connectivity index (χ0) is 56.7. The van der Waals surface area contributed by atoms with Gasteiger partial charge >= 0.3 is 35.5 Å². The third-order valence-corrected chi connectivity index (χ3v) is 11.8. The van der Waals surface area contributed by atoms with Gasteiger partial charge in [-0.05, 0) is 48.5 Å². The molecule has 30 nitrogen and oxygen atoms in total. The second kappa shape index (κ2) is 18.9. The van der Waals surface area contributed by atoms with Crippen molar-refractivity contribution in [2.75, 3.05) is 6.61 Å². The van der Waals surface area contributed by atoms with Crippen LogP contribution in [0.15, 0.2) is 63.8 Å². The fraction of sp³-hybridized carbons (Fsp3) is 0.125. The molecule has 1 aromatic heterocycles. The molecule has 6 aromatic carbocycles. The van der Waals surface area contributed by atoms with E-state index in [1.807, 2.05) is 0 Å². The lowest BCUT2D eigenvalue weighted by Crippen LogP contribution is -2.63. The molecule has 2 aliphatic heterocycles. The molecule has 2 bridgehead atoms. The van der Waals surface area contributed by atoms with Gasteiger partial charge in [-0.15, -0.1) is 0 Å². The number of esters is 5. The molecule has 5 atom stereocenters. The Morgan fingerprint density at radius 2 is 0.910 bits per heavy atom. The summed E-state index contributed by atoms with van der Waals surface area (Å²) in [5.41, 5.74) is -7.44. The van der Waals surface area contributed by atoms with Crippen LogP contribution in [0.2, 0.25) is 0 Å². The first kappa shape index (κ1) is 51.6. The second-order valence-electron chi connectivity index (χ2n) is 16.7. The van der Waals surface area contributed by atoms with E-state index in [0.717, 1.165) is 0 Å². The number of hydrogen-bond acceptors (Lipinski definition) is 30. The smallest absolute Gasteiger partial charge is 0.344 e. The van der Waals surface area contributed by atoms with Crippen LogP contribution in [0.5, 0.6) is 103 Å². The molecule has 0 amide bonds. The zero-order valence-corrected chi connectivity index (χ0v) is 38.2. The van der Waals surface area contributed by atoms with Crippen molar-refractivity contribution in [2.24, 2.45) is 0 Å². The summed E-state index contributed by atoms with van der Waals surface area (Å²) in [5, 5.41) is 166. The van der Waals surface area contributed by atoms with E-state index in [1.54, 1.807) is 0 Å². The maximum Gasteiger partial charge on any atom is 0.344 e. The van der Waals surface area contributed by atoms with Crippen LogP contribution < -0.4 is 10.4 Å². The zero-order valence-electron chi connectivity index (χ0n) is 38.2. The number of benzene rings is 6. The van der Waals surface area contributed by atoms with Crippen LogP contribution in [0.25, 0.3) is 21.7 Å². The third-order valence-electron chi connectivity index (χ3n) is 11.8. The van der Waals surface area contributed by atoms with Crippen LogP contribution in [0.1, 0.15) is 51.8 Å². The van der Waals surface area contributed by atoms with Gasteiger partial charge in [-0.3, -0.25) is 0 Å². The van der Waals surface area contributed by atoms with Crippen LogP contribution in [0.3, 0.4) is 0 Å². The highest BCUT2D eigenvalue weighted by molar-refractivity contribution is 6.19. The van der Waals surface area contributed by atoms with Crippen molar-refractivity contribution >= 4 is 51.6 Å². The molecule has 2 aliphatic rings. The Hall–Kier alpha value is -11.3. The van der Waals surface area contributed by atoms with E-state index in [4.69, 9.17) is 37.6 Å². The standard InChI is InChI=1S/C48H32O30/c49-17-1-11(2-18(50)29(17)58)42(65)76-40-38-26(72-48(78-44(67)13-5-21(53)31(60)22(54)6-13)41(40)77-43(66)12-3-19(51)30(59)20(52)4-12)10-71-45(68)16-9-23(55)32(61)35(64)36(16)73-37-25(57)8-14-27(34(37)63)28-15(47(70)74-38)7-24(56)33(62)39(28)75-46(14)69/h1-9,26,38,40-41,48-64H,10H2/t26-,38-,40-,41-,48+/m1/s1. The van der Waals surface area contributed by atoms with Gasteiger partial charge in [0.15, 0.2) is 98.3 Å². The minimum atomic E-state index is -2.69. The van der Waals surface area contributed by atoms with E-state index in [2.05, 4.69) is 0 Å². The maximum atomic E-state index is 14.9. The summed E-state index contributed by atoms with van der Waals surface area (Å²) in [6.07, 6.45) is -13.0. The highest BCUT2D eigenvalue weighted by atomic mass is 16.7. The molecule has 3 heterocycles. The summed E-state index contributed by atoms with van der Waals surface area (Å²) in [5.74, 6) is -31.0. The second-order valence-corrected chi connectivity index (χ2v) is 16.7. The average molecular weight is 1090 g/mol. The van der Waals surface area contributed by atoms with Gasteiger partial charge in [0.05, 0.1) is 27.6 Å². The van der Waals surface area contributed by atoms with Gasteiger partial charge in [-0.1, -0.05) is 0 Å². The number of aromatic hydroxyl groups is 16. The topological polar surface area (TPSA) is 504 Å². The fourth-order valence-corrected chi connectivity index (χ4v) is 8.08. The van der Waals surface area contributed by atoms with E-state index in [9.17, 15) is 110 Å². The Labute approximate surface area is 427 Å². The van der Waals surface area contributed by atoms with Gasteiger partial charge in [0, 0.05) is 16.8 Å². The number of carbonyl (C=O) groups excluding carboxylic acids is 5. The lowest BCUT2D eigenvalue weighted by Gasteiger charge is -2.44. The number of hydrogen-bond donors (Lipinski definition) is 16. The Morgan fingerprint density at radius 3 is 1.44 bits per heavy atom. The molecule has 30 heteroatoms. The Kier molecular flexibility index (Phi) is 12.5. The average Bonchev–Trinajstić information content (AvgIpc) is 3.43. The first-order chi connectivity index (χ1) is 36.7. The van der Waals surface area contributed by atoms with Crippen molar-refractivity contribution in [2.45, 2.75) is 30.7 Å². The minimum absolute atomic E-state index is 0.399. The third kappa shape index (κ3) is 8.70. The molecule has 0 spiro atoms. The van der Waals surface area contributed by atoms with Crippen molar-refractivity contribution in [3.8, 4) is 103 Å². The predicted octanol–water partition coefficient (Wildman–Crippen LogP) is 2.76. The van der Waals surface area contributed by atoms with E-state index >= 15 is 0 Å². The molecule has 78 heavy (non-hydrogen) atoms. The molecule has 9 rings (SSSR count). The van der Waals surface area contributed by atoms with Gasteiger partial charge in [0.1, 0.15) is 18.3 Å². The maximum absolute atomic E-state index is 14.9. The molecule has 0 saturated carbocycles. The molecule has 0 aliphatic carbocycles. The van der Waals surface area contributed by atoms with E-state index < -0.39 is 226 Å². The Bertz CT molecular complexity index is 3770. The highest BCUT2D eigenvalue weighted by Crippen LogP contribution is 2.53. The largest absolute Gasteiger partial charge is 0.504 e. The number of phenols is 16. The number of rotatable bonds is 6. The molecular weight excluding hydrogens is 1060 g/mol. The fourth-order valence-electron chi connectivity index (χ4n) is 8.08. The van der Waals surface area contributed by atoms with Crippen LogP contribution >= 0.6 is 0 Å². The molecule has 404 valence electrons. The highest BCUT2D eigenvalue weighted by Gasteiger charge is 2.55. The number of phenolic OH excluding ortho intramolecular Hbond substituents is 16. The van der Waals surface area contributed by atoms with Crippen molar-refractivity contribution in [1.82, 2.24) is 0 Å². The predicted molar refractivity (Wildman–Crippen MR) is 244 cm³/mol. The lowest BCUT2D eigenvalue weighted by molar-refractivity contribution is -0.282. The van der Waals surface area contributed by atoms with Gasteiger partial charge < -0.3 is 119 Å². The summed E-state index contributed by atoms with van der Waals surface area (Å²) in [6, 6.07) is 4.40. The van der Waals surface area contributed by atoms with E-state index in [1.165, 1.54) is 0 Å². The number of carbonyl (C=O) groups is 5. The summed E-state index contributed by atoms with van der Waals surface area (Å²) in [4.78, 5) is 84.8. The first-order valence-electron chi connectivity index (χ1n) is 21.5. The summed E-state index contributed by atoms with van der Waals surface area (Å²) < 4.78 is 44.8. The monoisotopic (exact) mass is 1090 g/mol. The van der Waals surface area contributed by atoms with E-state index in [-0.39, 0.29) is 0 Å².